The molecule has 76 valence electrons. The van der Waals surface area contributed by atoms with E-state index in [1.165, 1.54) is 6.42 Å². The molecule has 0 saturated heterocycles. The molecule has 0 radical (unpaired) electrons. The summed E-state index contributed by atoms with van der Waals surface area (Å²) in [5, 5.41) is 0. The maximum atomic E-state index is 2.50. The molecule has 0 aromatic heterocycles. The van der Waals surface area contributed by atoms with Crippen LogP contribution in [-0.4, -0.2) is 17.0 Å². The molecule has 1 nitrogen and oxygen atoms in total. The van der Waals surface area contributed by atoms with Gasteiger partial charge in [0.15, 0.2) is 0 Å². The first-order valence-corrected chi connectivity index (χ1v) is 5.48. The SMILES string of the molecule is CC(C)C(C)[C@@H]1CC=CN1C(C)C. The van der Waals surface area contributed by atoms with Gasteiger partial charge in [-0.15, -0.1) is 0 Å². The molecule has 1 aliphatic heterocycles. The number of hydrogen-bond acceptors (Lipinski definition) is 1. The van der Waals surface area contributed by atoms with E-state index in [4.69, 9.17) is 0 Å². The first-order valence-electron chi connectivity index (χ1n) is 5.48. The molecule has 1 unspecified atom stereocenters. The van der Waals surface area contributed by atoms with Gasteiger partial charge in [-0.05, 0) is 38.3 Å². The molecule has 1 rings (SSSR count). The zero-order chi connectivity index (χ0) is 10.0. The van der Waals surface area contributed by atoms with Crippen molar-refractivity contribution < 1.29 is 0 Å². The standard InChI is InChI=1S/C12H23N/c1-9(2)11(5)12-7-6-8-13(12)10(3)4/h6,8-12H,7H2,1-5H3/t11?,12-/m0/s1. The Kier molecular flexibility index (Phi) is 3.40. The van der Waals surface area contributed by atoms with E-state index in [-0.39, 0.29) is 0 Å². The number of hydrogen-bond donors (Lipinski definition) is 0. The third kappa shape index (κ3) is 2.26. The molecule has 0 N–H and O–H groups in total. The fourth-order valence-electron chi connectivity index (χ4n) is 2.04. The predicted molar refractivity (Wildman–Crippen MR) is 58.5 cm³/mol. The van der Waals surface area contributed by atoms with Crippen molar-refractivity contribution in [2.24, 2.45) is 11.8 Å². The first kappa shape index (κ1) is 10.6. The molecule has 0 aromatic carbocycles. The number of rotatable bonds is 3. The molecule has 0 aliphatic carbocycles. The van der Waals surface area contributed by atoms with Gasteiger partial charge in [0.2, 0.25) is 0 Å². The molecule has 0 fully saturated rings. The van der Waals surface area contributed by atoms with Gasteiger partial charge < -0.3 is 4.90 Å². The topological polar surface area (TPSA) is 3.24 Å². The molecule has 1 heteroatoms. The van der Waals surface area contributed by atoms with Crippen molar-refractivity contribution in [1.82, 2.24) is 4.90 Å². The fourth-order valence-corrected chi connectivity index (χ4v) is 2.04. The Morgan fingerprint density at radius 1 is 1.15 bits per heavy atom. The van der Waals surface area contributed by atoms with Gasteiger partial charge in [0.25, 0.3) is 0 Å². The van der Waals surface area contributed by atoms with Crippen molar-refractivity contribution in [3.63, 3.8) is 0 Å². The van der Waals surface area contributed by atoms with Crippen LogP contribution in [0.4, 0.5) is 0 Å². The summed E-state index contributed by atoms with van der Waals surface area (Å²) in [6.07, 6.45) is 5.81. The van der Waals surface area contributed by atoms with E-state index in [0.717, 1.165) is 17.9 Å². The minimum Gasteiger partial charge on any atom is -0.372 e. The summed E-state index contributed by atoms with van der Waals surface area (Å²) in [5.74, 6) is 1.57. The summed E-state index contributed by atoms with van der Waals surface area (Å²) in [4.78, 5) is 2.50. The average Bonchev–Trinajstić information content (AvgIpc) is 2.50. The summed E-state index contributed by atoms with van der Waals surface area (Å²) in [5.41, 5.74) is 0. The molecule has 0 saturated carbocycles. The maximum absolute atomic E-state index is 2.50. The molecular formula is C12H23N. The van der Waals surface area contributed by atoms with Crippen LogP contribution < -0.4 is 0 Å². The quantitative estimate of drug-likeness (QED) is 0.646. The third-order valence-corrected chi connectivity index (χ3v) is 3.29. The van der Waals surface area contributed by atoms with Gasteiger partial charge in [0, 0.05) is 12.1 Å². The molecule has 0 amide bonds. The largest absolute Gasteiger partial charge is 0.372 e. The van der Waals surface area contributed by atoms with Crippen molar-refractivity contribution in [3.05, 3.63) is 12.3 Å². The van der Waals surface area contributed by atoms with Crippen LogP contribution in [0, 0.1) is 11.8 Å². The Morgan fingerprint density at radius 3 is 2.23 bits per heavy atom. The Labute approximate surface area is 82.8 Å². The zero-order valence-electron chi connectivity index (χ0n) is 9.62. The van der Waals surface area contributed by atoms with Gasteiger partial charge >= 0.3 is 0 Å². The Hall–Kier alpha value is -0.460. The van der Waals surface area contributed by atoms with E-state index in [9.17, 15) is 0 Å². The lowest BCUT2D eigenvalue weighted by Crippen LogP contribution is -2.38. The van der Waals surface area contributed by atoms with E-state index in [1.54, 1.807) is 0 Å². The van der Waals surface area contributed by atoms with E-state index in [2.05, 4.69) is 51.8 Å². The van der Waals surface area contributed by atoms with Gasteiger partial charge in [-0.3, -0.25) is 0 Å². The van der Waals surface area contributed by atoms with Gasteiger partial charge in [-0.2, -0.15) is 0 Å². The summed E-state index contributed by atoms with van der Waals surface area (Å²) in [6.45, 7) is 11.6. The van der Waals surface area contributed by atoms with Crippen LogP contribution in [0.15, 0.2) is 12.3 Å². The Bertz CT molecular complexity index is 182. The molecule has 1 heterocycles. The van der Waals surface area contributed by atoms with E-state index >= 15 is 0 Å². The minimum atomic E-state index is 0.643. The minimum absolute atomic E-state index is 0.643. The van der Waals surface area contributed by atoms with Crippen molar-refractivity contribution in [2.75, 3.05) is 0 Å². The van der Waals surface area contributed by atoms with Crippen LogP contribution in [-0.2, 0) is 0 Å². The van der Waals surface area contributed by atoms with Crippen molar-refractivity contribution in [1.29, 1.82) is 0 Å². The lowest BCUT2D eigenvalue weighted by atomic mass is 9.88. The first-order chi connectivity index (χ1) is 6.04. The normalized spacial score (nSPS) is 24.8. The van der Waals surface area contributed by atoms with Crippen LogP contribution in [0.25, 0.3) is 0 Å². The van der Waals surface area contributed by atoms with Crippen molar-refractivity contribution in [3.8, 4) is 0 Å². The highest BCUT2D eigenvalue weighted by Gasteiger charge is 2.28. The zero-order valence-corrected chi connectivity index (χ0v) is 9.62. The van der Waals surface area contributed by atoms with E-state index in [0.29, 0.717) is 6.04 Å². The smallest absolute Gasteiger partial charge is 0.0350 e. The third-order valence-electron chi connectivity index (χ3n) is 3.29. The van der Waals surface area contributed by atoms with E-state index in [1.807, 2.05) is 0 Å². The average molecular weight is 181 g/mol. The Balaban J connectivity index is 2.60. The lowest BCUT2D eigenvalue weighted by Gasteiger charge is -2.35. The predicted octanol–water partition coefficient (Wildman–Crippen LogP) is 3.27. The second-order valence-corrected chi connectivity index (χ2v) is 4.83. The van der Waals surface area contributed by atoms with Crippen LogP contribution >= 0.6 is 0 Å². The monoisotopic (exact) mass is 181 g/mol. The van der Waals surface area contributed by atoms with Gasteiger partial charge in [0.05, 0.1) is 0 Å². The van der Waals surface area contributed by atoms with Crippen molar-refractivity contribution >= 4 is 0 Å². The summed E-state index contributed by atoms with van der Waals surface area (Å²) < 4.78 is 0. The van der Waals surface area contributed by atoms with Crippen LogP contribution in [0.3, 0.4) is 0 Å². The summed E-state index contributed by atoms with van der Waals surface area (Å²) in [6, 6.07) is 1.38. The van der Waals surface area contributed by atoms with Crippen molar-refractivity contribution in [2.45, 2.75) is 53.1 Å². The number of nitrogens with zero attached hydrogens (tertiary/aromatic N) is 1. The maximum Gasteiger partial charge on any atom is 0.0350 e. The van der Waals surface area contributed by atoms with Gasteiger partial charge in [-0.25, -0.2) is 0 Å². The van der Waals surface area contributed by atoms with Crippen LogP contribution in [0.2, 0.25) is 0 Å². The molecule has 0 spiro atoms. The molecule has 13 heavy (non-hydrogen) atoms. The summed E-state index contributed by atoms with van der Waals surface area (Å²) >= 11 is 0. The van der Waals surface area contributed by atoms with Crippen LogP contribution in [0.5, 0.6) is 0 Å². The van der Waals surface area contributed by atoms with Gasteiger partial charge in [-0.1, -0.05) is 26.8 Å². The van der Waals surface area contributed by atoms with E-state index < -0.39 is 0 Å². The molecule has 0 aromatic rings. The molecule has 0 bridgehead atoms. The highest BCUT2D eigenvalue weighted by molar-refractivity contribution is 5.01. The second-order valence-electron chi connectivity index (χ2n) is 4.83. The molecular weight excluding hydrogens is 158 g/mol. The van der Waals surface area contributed by atoms with Crippen LogP contribution in [0.1, 0.15) is 41.0 Å². The second kappa shape index (κ2) is 4.17. The molecule has 2 atom stereocenters. The fraction of sp³-hybridized carbons (Fsp3) is 0.833. The molecule has 1 aliphatic rings. The highest BCUT2D eigenvalue weighted by atomic mass is 15.2. The lowest BCUT2D eigenvalue weighted by molar-refractivity contribution is 0.163. The summed E-state index contributed by atoms with van der Waals surface area (Å²) in [7, 11) is 0. The Morgan fingerprint density at radius 2 is 1.77 bits per heavy atom. The highest BCUT2D eigenvalue weighted by Crippen LogP contribution is 2.28. The van der Waals surface area contributed by atoms with Gasteiger partial charge in [0.1, 0.15) is 0 Å².